The molecule has 2 atom stereocenters. The SMILES string of the molecule is Cn1ncc2cc(-c3ccc(C(=O)C(=O)N[C@H](CN4CCCC4)[C@@H](O)c4cc(F)c5c(c4)OCCO5)cc3)ccc21. The number of nitrogens with one attached hydrogen (secondary N) is 1. The van der Waals surface area contributed by atoms with Crippen LogP contribution in [0.25, 0.3) is 22.0 Å². The fourth-order valence-electron chi connectivity index (χ4n) is 5.52. The van der Waals surface area contributed by atoms with Crippen LogP contribution in [0.4, 0.5) is 4.39 Å². The van der Waals surface area contributed by atoms with Gasteiger partial charge < -0.3 is 24.8 Å². The van der Waals surface area contributed by atoms with Crippen molar-refractivity contribution < 1.29 is 28.6 Å². The largest absolute Gasteiger partial charge is 0.486 e. The van der Waals surface area contributed by atoms with E-state index in [2.05, 4.69) is 15.3 Å². The van der Waals surface area contributed by atoms with E-state index in [1.165, 1.54) is 12.1 Å². The first kappa shape index (κ1) is 26.9. The summed E-state index contributed by atoms with van der Waals surface area (Å²) >= 11 is 0. The van der Waals surface area contributed by atoms with Gasteiger partial charge in [0.1, 0.15) is 19.3 Å². The second-order valence-electron chi connectivity index (χ2n) is 10.5. The fraction of sp³-hybridized carbons (Fsp3) is 0.323. The first-order valence-electron chi connectivity index (χ1n) is 13.7. The van der Waals surface area contributed by atoms with Gasteiger partial charge in [0.15, 0.2) is 17.3 Å². The molecule has 2 aliphatic heterocycles. The highest BCUT2D eigenvalue weighted by molar-refractivity contribution is 6.42. The summed E-state index contributed by atoms with van der Waals surface area (Å²) in [6, 6.07) is 14.7. The molecule has 2 N–H and O–H groups in total. The maximum absolute atomic E-state index is 14.7. The number of fused-ring (bicyclic) bond motifs is 2. The van der Waals surface area contributed by atoms with Crippen molar-refractivity contribution in [2.75, 3.05) is 32.8 Å². The number of likely N-dealkylation sites (tertiary alicyclic amines) is 1. The number of Topliss-reactive ketones (excluding diaryl/α,β-unsaturated/α-hetero) is 1. The third-order valence-electron chi connectivity index (χ3n) is 7.74. The standard InChI is InChI=1S/C31H31FN4O5/c1-35-26-9-8-21(14-23(26)17-33-35)19-4-6-20(7-5-19)29(38)31(39)34-25(18-36-10-2-3-11-36)28(37)22-15-24(32)30-27(16-22)40-12-13-41-30/h4-9,14-17,25,28,37H,2-3,10-13,18H2,1H3,(H,34,39)/t25-,28+/m1/s1. The molecule has 3 heterocycles. The predicted molar refractivity (Wildman–Crippen MR) is 150 cm³/mol. The number of aryl methyl sites for hydroxylation is 1. The molecule has 10 heteroatoms. The van der Waals surface area contributed by atoms with Gasteiger partial charge in [-0.3, -0.25) is 14.3 Å². The molecule has 0 saturated carbocycles. The number of hydrogen-bond acceptors (Lipinski definition) is 7. The molecule has 0 bridgehead atoms. The number of hydrogen-bond donors (Lipinski definition) is 2. The summed E-state index contributed by atoms with van der Waals surface area (Å²) in [6.07, 6.45) is 2.54. The number of rotatable bonds is 8. The molecule has 1 aromatic heterocycles. The molecular weight excluding hydrogens is 527 g/mol. The molecule has 4 aromatic rings. The third-order valence-corrected chi connectivity index (χ3v) is 7.74. The highest BCUT2D eigenvalue weighted by Gasteiger charge is 2.31. The first-order chi connectivity index (χ1) is 19.9. The van der Waals surface area contributed by atoms with E-state index in [1.807, 2.05) is 25.2 Å². The van der Waals surface area contributed by atoms with Crippen LogP contribution in [0, 0.1) is 5.82 Å². The van der Waals surface area contributed by atoms with Gasteiger partial charge in [0, 0.05) is 24.5 Å². The van der Waals surface area contributed by atoms with E-state index in [4.69, 9.17) is 9.47 Å². The molecule has 2 aliphatic rings. The lowest BCUT2D eigenvalue weighted by Gasteiger charge is -2.29. The molecule has 0 unspecified atom stereocenters. The Kier molecular flexibility index (Phi) is 7.42. The number of benzene rings is 3. The molecule has 9 nitrogen and oxygen atoms in total. The topological polar surface area (TPSA) is 106 Å². The number of aromatic nitrogens is 2. The van der Waals surface area contributed by atoms with Crippen LogP contribution in [0.1, 0.15) is 34.9 Å². The van der Waals surface area contributed by atoms with Crippen LogP contribution in [-0.4, -0.2) is 70.4 Å². The monoisotopic (exact) mass is 558 g/mol. The van der Waals surface area contributed by atoms with Crippen LogP contribution in [0.5, 0.6) is 11.5 Å². The van der Waals surface area contributed by atoms with E-state index in [9.17, 15) is 19.1 Å². The Labute approximate surface area is 236 Å². The number of carbonyl (C=O) groups excluding carboxylic acids is 2. The van der Waals surface area contributed by atoms with Crippen LogP contribution >= 0.6 is 0 Å². The average molecular weight is 559 g/mol. The van der Waals surface area contributed by atoms with Crippen LogP contribution < -0.4 is 14.8 Å². The van der Waals surface area contributed by atoms with Crippen molar-refractivity contribution in [2.24, 2.45) is 7.05 Å². The van der Waals surface area contributed by atoms with E-state index in [1.54, 1.807) is 35.1 Å². The minimum atomic E-state index is -1.28. The zero-order valence-electron chi connectivity index (χ0n) is 22.7. The van der Waals surface area contributed by atoms with Gasteiger partial charge in [-0.2, -0.15) is 5.10 Å². The van der Waals surface area contributed by atoms with Gasteiger partial charge in [0.05, 0.1) is 17.8 Å². The summed E-state index contributed by atoms with van der Waals surface area (Å²) in [5, 5.41) is 19.3. The molecule has 3 aromatic carbocycles. The highest BCUT2D eigenvalue weighted by Crippen LogP contribution is 2.36. The number of amides is 1. The van der Waals surface area contributed by atoms with Crippen molar-refractivity contribution in [3.05, 3.63) is 77.7 Å². The highest BCUT2D eigenvalue weighted by atomic mass is 19.1. The number of carbonyl (C=O) groups is 2. The van der Waals surface area contributed by atoms with Gasteiger partial charge in [-0.1, -0.05) is 30.3 Å². The van der Waals surface area contributed by atoms with Gasteiger partial charge in [-0.15, -0.1) is 0 Å². The Morgan fingerprint density at radius 3 is 2.54 bits per heavy atom. The minimum absolute atomic E-state index is 0.00584. The Bertz CT molecular complexity index is 1600. The van der Waals surface area contributed by atoms with E-state index in [-0.39, 0.29) is 35.8 Å². The fourth-order valence-corrected chi connectivity index (χ4v) is 5.52. The second kappa shape index (κ2) is 11.3. The zero-order chi connectivity index (χ0) is 28.5. The Morgan fingerprint density at radius 2 is 1.76 bits per heavy atom. The zero-order valence-corrected chi connectivity index (χ0v) is 22.7. The van der Waals surface area contributed by atoms with Crippen molar-refractivity contribution in [2.45, 2.75) is 25.0 Å². The summed E-state index contributed by atoms with van der Waals surface area (Å²) in [4.78, 5) is 28.4. The van der Waals surface area contributed by atoms with Gasteiger partial charge in [0.2, 0.25) is 5.78 Å². The average Bonchev–Trinajstić information content (AvgIpc) is 3.65. The van der Waals surface area contributed by atoms with E-state index >= 15 is 0 Å². The lowest BCUT2D eigenvalue weighted by molar-refractivity contribution is -0.118. The minimum Gasteiger partial charge on any atom is -0.486 e. The summed E-state index contributed by atoms with van der Waals surface area (Å²) < 4.78 is 27.4. The number of aliphatic hydroxyl groups is 1. The molecule has 0 radical (unpaired) electrons. The van der Waals surface area contributed by atoms with Crippen molar-refractivity contribution in [1.82, 2.24) is 20.0 Å². The maximum Gasteiger partial charge on any atom is 0.292 e. The molecule has 0 aliphatic carbocycles. The van der Waals surface area contributed by atoms with Crippen molar-refractivity contribution in [3.8, 4) is 22.6 Å². The van der Waals surface area contributed by atoms with Gasteiger partial charge in [0.25, 0.3) is 5.91 Å². The molecule has 6 rings (SSSR count). The molecule has 1 amide bonds. The number of aliphatic hydroxyl groups excluding tert-OH is 1. The molecule has 212 valence electrons. The summed E-state index contributed by atoms with van der Waals surface area (Å²) in [5.74, 6) is -2.00. The summed E-state index contributed by atoms with van der Waals surface area (Å²) in [5.41, 5.74) is 3.35. The van der Waals surface area contributed by atoms with Crippen LogP contribution in [0.15, 0.2) is 60.8 Å². The molecule has 41 heavy (non-hydrogen) atoms. The Hall–Kier alpha value is -4.28. The van der Waals surface area contributed by atoms with Crippen LogP contribution in [-0.2, 0) is 11.8 Å². The van der Waals surface area contributed by atoms with Crippen molar-refractivity contribution in [3.63, 3.8) is 0 Å². The van der Waals surface area contributed by atoms with E-state index in [0.717, 1.165) is 48.0 Å². The predicted octanol–water partition coefficient (Wildman–Crippen LogP) is 3.65. The number of nitrogens with zero attached hydrogens (tertiary/aromatic N) is 3. The van der Waals surface area contributed by atoms with E-state index < -0.39 is 29.7 Å². The Morgan fingerprint density at radius 1 is 1.02 bits per heavy atom. The molecule has 0 spiro atoms. The van der Waals surface area contributed by atoms with Crippen LogP contribution in [0.3, 0.4) is 0 Å². The summed E-state index contributed by atoms with van der Waals surface area (Å²) in [7, 11) is 1.89. The molecule has 1 fully saturated rings. The maximum atomic E-state index is 14.7. The number of ether oxygens (including phenoxy) is 2. The third kappa shape index (κ3) is 5.53. The van der Waals surface area contributed by atoms with Crippen molar-refractivity contribution in [1.29, 1.82) is 0 Å². The van der Waals surface area contributed by atoms with Crippen LogP contribution in [0.2, 0.25) is 0 Å². The molecule has 1 saturated heterocycles. The van der Waals surface area contributed by atoms with Gasteiger partial charge >= 0.3 is 0 Å². The Balaban J connectivity index is 1.19. The lowest BCUT2D eigenvalue weighted by Crippen LogP contribution is -2.48. The lowest BCUT2D eigenvalue weighted by atomic mass is 9.99. The molecular formula is C31H31FN4O5. The quantitative estimate of drug-likeness (QED) is 0.251. The number of ketones is 1. The van der Waals surface area contributed by atoms with Gasteiger partial charge in [-0.05, 0) is 66.9 Å². The second-order valence-corrected chi connectivity index (χ2v) is 10.5. The normalized spacial score (nSPS) is 16.5. The van der Waals surface area contributed by atoms with E-state index in [0.29, 0.717) is 6.54 Å². The number of halogens is 1. The smallest absolute Gasteiger partial charge is 0.292 e. The van der Waals surface area contributed by atoms with Crippen molar-refractivity contribution >= 4 is 22.6 Å². The summed E-state index contributed by atoms with van der Waals surface area (Å²) in [6.45, 7) is 2.45. The first-order valence-corrected chi connectivity index (χ1v) is 13.7. The van der Waals surface area contributed by atoms with Gasteiger partial charge in [-0.25, -0.2) is 4.39 Å².